The molecule has 0 atom stereocenters. The summed E-state index contributed by atoms with van der Waals surface area (Å²) in [6.45, 7) is 7.10. The van der Waals surface area contributed by atoms with E-state index in [1.54, 1.807) is 20.8 Å². The predicted molar refractivity (Wildman–Crippen MR) is 66.4 cm³/mol. The van der Waals surface area contributed by atoms with Crippen molar-refractivity contribution in [3.8, 4) is 0 Å². The normalized spacial score (nSPS) is 10.9. The molecule has 0 aliphatic rings. The lowest BCUT2D eigenvalue weighted by Crippen LogP contribution is -2.27. The number of carbonyl (C=O) groups is 2. The summed E-state index contributed by atoms with van der Waals surface area (Å²) in [7, 11) is 0. The van der Waals surface area contributed by atoms with E-state index in [4.69, 9.17) is 9.57 Å². The van der Waals surface area contributed by atoms with Gasteiger partial charge in [0.1, 0.15) is 11.8 Å². The van der Waals surface area contributed by atoms with Crippen molar-refractivity contribution < 1.29 is 19.2 Å². The smallest absolute Gasteiger partial charge is 0.413 e. The summed E-state index contributed by atoms with van der Waals surface area (Å²) in [4.78, 5) is 28.4. The Morgan fingerprint density at radius 2 is 2.11 bits per heavy atom. The van der Waals surface area contributed by atoms with E-state index in [0.717, 1.165) is 4.85 Å². The zero-order valence-corrected chi connectivity index (χ0v) is 11.5. The molecule has 0 aliphatic heterocycles. The van der Waals surface area contributed by atoms with E-state index in [-0.39, 0.29) is 12.2 Å². The van der Waals surface area contributed by atoms with Crippen LogP contribution in [0.15, 0.2) is 6.20 Å². The fraction of sp³-hybridized carbons (Fsp3) is 0.636. The molecule has 8 heteroatoms. The topological polar surface area (TPSA) is 95.3 Å². The molecule has 0 bridgehead atoms. The highest BCUT2D eigenvalue weighted by atomic mass is 16.7. The minimum absolute atomic E-state index is 0.138. The molecule has 0 saturated carbocycles. The number of aromatic nitrogens is 3. The number of ether oxygens (including phenoxy) is 1. The highest BCUT2D eigenvalue weighted by Gasteiger charge is 2.17. The van der Waals surface area contributed by atoms with Gasteiger partial charge in [-0.2, -0.15) is 0 Å². The Kier molecular flexibility index (Phi) is 4.85. The molecule has 1 aromatic rings. The van der Waals surface area contributed by atoms with Crippen LogP contribution < -0.4 is 10.2 Å². The maximum atomic E-state index is 11.4. The van der Waals surface area contributed by atoms with Gasteiger partial charge in [0, 0.05) is 6.42 Å². The average molecular weight is 270 g/mol. The summed E-state index contributed by atoms with van der Waals surface area (Å²) >= 11 is 0. The number of hydrogen-bond donors (Lipinski definition) is 1. The van der Waals surface area contributed by atoms with Gasteiger partial charge in [-0.15, -0.1) is 5.10 Å². The number of carbonyl (C=O) groups excluding carboxylic acids is 2. The van der Waals surface area contributed by atoms with E-state index >= 15 is 0 Å². The van der Waals surface area contributed by atoms with Crippen molar-refractivity contribution in [1.29, 1.82) is 0 Å². The average Bonchev–Trinajstić information content (AvgIpc) is 2.62. The van der Waals surface area contributed by atoms with Crippen molar-refractivity contribution in [2.75, 3.05) is 5.32 Å². The summed E-state index contributed by atoms with van der Waals surface area (Å²) in [5.74, 6) is -0.283. The zero-order chi connectivity index (χ0) is 14.5. The second kappa shape index (κ2) is 6.17. The first-order chi connectivity index (χ1) is 8.80. The van der Waals surface area contributed by atoms with Gasteiger partial charge in [-0.1, -0.05) is 11.8 Å². The van der Waals surface area contributed by atoms with Crippen molar-refractivity contribution in [3.05, 3.63) is 6.20 Å². The molecular formula is C11H18N4O4. The van der Waals surface area contributed by atoms with Gasteiger partial charge in [0.15, 0.2) is 5.82 Å². The first kappa shape index (κ1) is 14.9. The third-order valence-electron chi connectivity index (χ3n) is 1.75. The molecule has 0 radical (unpaired) electrons. The van der Waals surface area contributed by atoms with Crippen LogP contribution in [0.4, 0.5) is 10.6 Å². The van der Waals surface area contributed by atoms with Gasteiger partial charge < -0.3 is 9.57 Å². The van der Waals surface area contributed by atoms with E-state index in [1.165, 1.54) is 6.20 Å². The highest BCUT2D eigenvalue weighted by Crippen LogP contribution is 2.09. The van der Waals surface area contributed by atoms with Crippen molar-refractivity contribution in [3.63, 3.8) is 0 Å². The lowest BCUT2D eigenvalue weighted by molar-refractivity contribution is -0.146. The molecule has 1 amide bonds. The molecular weight excluding hydrogens is 252 g/mol. The summed E-state index contributed by atoms with van der Waals surface area (Å²) in [6, 6.07) is 0. The molecule has 1 rings (SSSR count). The molecule has 0 unspecified atom stereocenters. The Labute approximate surface area is 111 Å². The minimum Gasteiger partial charge on any atom is -0.444 e. The third kappa shape index (κ3) is 5.84. The van der Waals surface area contributed by atoms with Gasteiger partial charge in [-0.05, 0) is 32.4 Å². The Balaban J connectivity index is 2.51. The van der Waals surface area contributed by atoms with Crippen LogP contribution in [0, 0.1) is 0 Å². The van der Waals surface area contributed by atoms with Gasteiger partial charge in [0.2, 0.25) is 0 Å². The number of nitrogens with one attached hydrogen (secondary N) is 1. The Morgan fingerprint density at radius 3 is 2.68 bits per heavy atom. The molecule has 0 fully saturated rings. The molecule has 8 nitrogen and oxygen atoms in total. The third-order valence-corrected chi connectivity index (χ3v) is 1.75. The predicted octanol–water partition coefficient (Wildman–Crippen LogP) is 1.38. The van der Waals surface area contributed by atoms with Crippen molar-refractivity contribution in [1.82, 2.24) is 15.2 Å². The van der Waals surface area contributed by atoms with Gasteiger partial charge >= 0.3 is 12.1 Å². The Hall–Kier alpha value is -2.12. The van der Waals surface area contributed by atoms with Gasteiger partial charge in [-0.3, -0.25) is 5.32 Å². The van der Waals surface area contributed by atoms with Gasteiger partial charge in [-0.25, -0.2) is 9.59 Å². The molecule has 106 valence electrons. The number of nitrogens with zero attached hydrogens (tertiary/aromatic N) is 3. The van der Waals surface area contributed by atoms with Crippen molar-refractivity contribution in [2.24, 2.45) is 0 Å². The number of rotatable bonds is 4. The Bertz CT molecular complexity index is 450. The molecule has 1 N–H and O–H groups in total. The SMILES string of the molecule is CCCC(=O)On1cc(NC(=O)OC(C)(C)C)nn1. The van der Waals surface area contributed by atoms with Crippen molar-refractivity contribution >= 4 is 17.9 Å². The van der Waals surface area contributed by atoms with Crippen LogP contribution in [0.25, 0.3) is 0 Å². The lowest BCUT2D eigenvalue weighted by atomic mass is 10.2. The van der Waals surface area contributed by atoms with E-state index in [9.17, 15) is 9.59 Å². The first-order valence-electron chi connectivity index (χ1n) is 5.93. The van der Waals surface area contributed by atoms with E-state index in [0.29, 0.717) is 6.42 Å². The zero-order valence-electron chi connectivity index (χ0n) is 11.5. The molecule has 1 heterocycles. The summed E-state index contributed by atoms with van der Waals surface area (Å²) in [6.07, 6.45) is 1.59. The fourth-order valence-electron chi connectivity index (χ4n) is 1.11. The van der Waals surface area contributed by atoms with Crippen LogP contribution in [-0.2, 0) is 9.53 Å². The van der Waals surface area contributed by atoms with Crippen LogP contribution in [0.3, 0.4) is 0 Å². The molecule has 0 saturated heterocycles. The van der Waals surface area contributed by atoms with Crippen LogP contribution in [0.1, 0.15) is 40.5 Å². The number of hydrogen-bond acceptors (Lipinski definition) is 6. The molecule has 1 aromatic heterocycles. The van der Waals surface area contributed by atoms with E-state index < -0.39 is 17.7 Å². The highest BCUT2D eigenvalue weighted by molar-refractivity contribution is 5.83. The van der Waals surface area contributed by atoms with Gasteiger partial charge in [0.05, 0.1) is 0 Å². The quantitative estimate of drug-likeness (QED) is 0.830. The number of anilines is 1. The van der Waals surface area contributed by atoms with Gasteiger partial charge in [0.25, 0.3) is 0 Å². The van der Waals surface area contributed by atoms with Crippen LogP contribution in [-0.4, -0.2) is 32.8 Å². The molecule has 19 heavy (non-hydrogen) atoms. The maximum Gasteiger partial charge on any atom is 0.413 e. The molecule has 0 aromatic carbocycles. The fourth-order valence-corrected chi connectivity index (χ4v) is 1.11. The number of amides is 1. The van der Waals surface area contributed by atoms with Crippen LogP contribution >= 0.6 is 0 Å². The molecule has 0 aliphatic carbocycles. The largest absolute Gasteiger partial charge is 0.444 e. The summed E-state index contributed by atoms with van der Waals surface area (Å²) in [5, 5.41) is 9.54. The lowest BCUT2D eigenvalue weighted by Gasteiger charge is -2.18. The van der Waals surface area contributed by atoms with Crippen molar-refractivity contribution in [2.45, 2.75) is 46.1 Å². The molecule has 0 spiro atoms. The van der Waals surface area contributed by atoms with Crippen LogP contribution in [0.5, 0.6) is 0 Å². The second-order valence-electron chi connectivity index (χ2n) is 4.85. The minimum atomic E-state index is -0.653. The summed E-state index contributed by atoms with van der Waals surface area (Å²) in [5.41, 5.74) is -0.604. The summed E-state index contributed by atoms with van der Waals surface area (Å²) < 4.78 is 5.04. The first-order valence-corrected chi connectivity index (χ1v) is 5.93. The Morgan fingerprint density at radius 1 is 1.42 bits per heavy atom. The standard InChI is InChI=1S/C11H18N4O4/c1-5-6-9(16)19-15-7-8(13-14-15)12-10(17)18-11(2,3)4/h7H,5-6H2,1-4H3,(H,12,17). The maximum absolute atomic E-state index is 11.4. The van der Waals surface area contributed by atoms with E-state index in [2.05, 4.69) is 15.6 Å². The van der Waals surface area contributed by atoms with Crippen LogP contribution in [0.2, 0.25) is 0 Å². The van der Waals surface area contributed by atoms with E-state index in [1.807, 2.05) is 6.92 Å². The monoisotopic (exact) mass is 270 g/mol. The second-order valence-corrected chi connectivity index (χ2v) is 4.85.